The number of likely N-dealkylation sites (tertiary alicyclic amines) is 1. The third kappa shape index (κ3) is 3.44. The van der Waals surface area contributed by atoms with Crippen LogP contribution in [0.5, 0.6) is 0 Å². The molecule has 1 saturated heterocycles. The number of rotatable bonds is 3. The Balaban J connectivity index is 1.62. The number of hydrogen-bond acceptors (Lipinski definition) is 4. The van der Waals surface area contributed by atoms with Crippen LogP contribution in [0.25, 0.3) is 11.4 Å². The fourth-order valence-electron chi connectivity index (χ4n) is 2.82. The van der Waals surface area contributed by atoms with Gasteiger partial charge in [0.1, 0.15) is 5.69 Å². The molecule has 122 valence electrons. The fraction of sp³-hybridized carbons (Fsp3) is 0.438. The maximum atomic E-state index is 12.0. The Kier molecular flexibility index (Phi) is 4.45. The summed E-state index contributed by atoms with van der Waals surface area (Å²) in [6, 6.07) is 6.22. The average Bonchev–Trinajstić information content (AvgIpc) is 3.04. The Hall–Kier alpha value is -2.57. The number of hydrogen-bond donors (Lipinski definition) is 2. The summed E-state index contributed by atoms with van der Waals surface area (Å²) in [5, 5.41) is 10.7. The predicted molar refractivity (Wildman–Crippen MR) is 89.1 cm³/mol. The van der Waals surface area contributed by atoms with E-state index in [1.165, 1.54) is 0 Å². The van der Waals surface area contributed by atoms with Gasteiger partial charge in [0.25, 0.3) is 0 Å². The minimum absolute atomic E-state index is 0.0842. The molecule has 3 heterocycles. The highest BCUT2D eigenvalue weighted by molar-refractivity contribution is 5.74. The van der Waals surface area contributed by atoms with E-state index in [0.29, 0.717) is 6.04 Å². The van der Waals surface area contributed by atoms with Crippen LogP contribution in [0.4, 0.5) is 10.5 Å². The number of piperidine rings is 1. The van der Waals surface area contributed by atoms with Gasteiger partial charge in [-0.3, -0.25) is 10.1 Å². The monoisotopic (exact) mass is 314 g/mol. The smallest absolute Gasteiger partial charge is 0.319 e. The Morgan fingerprint density at radius 3 is 2.78 bits per heavy atom. The second kappa shape index (κ2) is 6.68. The number of pyridine rings is 1. The van der Waals surface area contributed by atoms with Crippen molar-refractivity contribution in [2.24, 2.45) is 0 Å². The van der Waals surface area contributed by atoms with Crippen LogP contribution < -0.4 is 5.32 Å². The molecule has 0 atom stereocenters. The summed E-state index contributed by atoms with van der Waals surface area (Å²) < 4.78 is 0. The molecule has 1 aliphatic rings. The quantitative estimate of drug-likeness (QED) is 0.909. The Labute approximate surface area is 135 Å². The molecule has 1 aliphatic heterocycles. The molecule has 0 unspecified atom stereocenters. The van der Waals surface area contributed by atoms with Crippen LogP contribution in [0.1, 0.15) is 12.8 Å². The average molecular weight is 314 g/mol. The molecular weight excluding hydrogens is 292 g/mol. The third-order valence-corrected chi connectivity index (χ3v) is 4.07. The van der Waals surface area contributed by atoms with Crippen LogP contribution in [0, 0.1) is 0 Å². The molecule has 0 saturated carbocycles. The molecule has 23 heavy (non-hydrogen) atoms. The van der Waals surface area contributed by atoms with Crippen molar-refractivity contribution >= 4 is 11.7 Å². The van der Waals surface area contributed by atoms with Crippen molar-refractivity contribution < 1.29 is 4.79 Å². The predicted octanol–water partition coefficient (Wildman–Crippen LogP) is 2.03. The van der Waals surface area contributed by atoms with Crippen LogP contribution in [-0.4, -0.2) is 64.2 Å². The lowest BCUT2D eigenvalue weighted by Crippen LogP contribution is -2.46. The largest absolute Gasteiger partial charge is 0.379 e. The number of nitrogens with zero attached hydrogens (tertiary/aromatic N) is 4. The molecule has 0 spiro atoms. The van der Waals surface area contributed by atoms with E-state index in [1.54, 1.807) is 31.4 Å². The van der Waals surface area contributed by atoms with Gasteiger partial charge in [0, 0.05) is 39.4 Å². The minimum Gasteiger partial charge on any atom is -0.379 e. The molecule has 3 rings (SSSR count). The van der Waals surface area contributed by atoms with Gasteiger partial charge in [-0.05, 0) is 25.0 Å². The maximum Gasteiger partial charge on any atom is 0.319 e. The summed E-state index contributed by atoms with van der Waals surface area (Å²) >= 11 is 0. The lowest BCUT2D eigenvalue weighted by atomic mass is 10.0. The molecule has 2 aromatic heterocycles. The summed E-state index contributed by atoms with van der Waals surface area (Å²) in [7, 11) is 3.58. The lowest BCUT2D eigenvalue weighted by molar-refractivity contribution is 0.158. The summed E-state index contributed by atoms with van der Waals surface area (Å²) in [5.74, 6) is 0. The first-order chi connectivity index (χ1) is 11.1. The summed E-state index contributed by atoms with van der Waals surface area (Å²) in [6.45, 7) is 1.54. The molecule has 1 fully saturated rings. The zero-order chi connectivity index (χ0) is 16.2. The van der Waals surface area contributed by atoms with E-state index >= 15 is 0 Å². The minimum atomic E-state index is 0.0842. The number of carbonyl (C=O) groups is 1. The van der Waals surface area contributed by atoms with Crippen LogP contribution in [0.15, 0.2) is 30.6 Å². The van der Waals surface area contributed by atoms with E-state index in [2.05, 4.69) is 20.5 Å². The summed E-state index contributed by atoms with van der Waals surface area (Å²) in [4.78, 5) is 19.9. The third-order valence-electron chi connectivity index (χ3n) is 4.07. The van der Waals surface area contributed by atoms with Gasteiger partial charge in [0.15, 0.2) is 0 Å². The van der Waals surface area contributed by atoms with Crippen molar-refractivity contribution in [2.75, 3.05) is 32.5 Å². The van der Waals surface area contributed by atoms with E-state index in [1.807, 2.05) is 23.1 Å². The molecule has 0 aromatic carbocycles. The van der Waals surface area contributed by atoms with Crippen molar-refractivity contribution in [3.05, 3.63) is 30.6 Å². The Bertz CT molecular complexity index is 646. The van der Waals surface area contributed by atoms with Crippen LogP contribution in [-0.2, 0) is 0 Å². The second-order valence-electron chi connectivity index (χ2n) is 5.96. The molecular formula is C16H22N6O. The first kappa shape index (κ1) is 15.3. The SMILES string of the molecule is CN(C)C(=O)N1CCC(Nc2cn[nH]c2-c2ccccn2)CC1. The van der Waals surface area contributed by atoms with Crippen molar-refractivity contribution in [2.45, 2.75) is 18.9 Å². The van der Waals surface area contributed by atoms with Gasteiger partial charge in [-0.15, -0.1) is 0 Å². The normalized spacial score (nSPS) is 15.5. The molecule has 7 nitrogen and oxygen atoms in total. The summed E-state index contributed by atoms with van der Waals surface area (Å²) in [5.41, 5.74) is 2.73. The van der Waals surface area contributed by atoms with Crippen molar-refractivity contribution in [3.63, 3.8) is 0 Å². The zero-order valence-corrected chi connectivity index (χ0v) is 13.5. The fourth-order valence-corrected chi connectivity index (χ4v) is 2.82. The number of urea groups is 1. The first-order valence-electron chi connectivity index (χ1n) is 7.82. The molecule has 0 bridgehead atoms. The number of nitrogens with one attached hydrogen (secondary N) is 2. The van der Waals surface area contributed by atoms with Crippen molar-refractivity contribution in [1.29, 1.82) is 0 Å². The number of carbonyl (C=O) groups excluding carboxylic acids is 1. The van der Waals surface area contributed by atoms with Gasteiger partial charge in [-0.1, -0.05) is 6.07 Å². The maximum absolute atomic E-state index is 12.0. The first-order valence-corrected chi connectivity index (χ1v) is 7.82. The molecule has 2 aromatic rings. The zero-order valence-electron chi connectivity index (χ0n) is 13.5. The highest BCUT2D eigenvalue weighted by atomic mass is 16.2. The highest BCUT2D eigenvalue weighted by Gasteiger charge is 2.24. The molecule has 7 heteroatoms. The molecule has 0 aliphatic carbocycles. The Morgan fingerprint density at radius 2 is 2.13 bits per heavy atom. The molecule has 0 radical (unpaired) electrons. The van der Waals surface area contributed by atoms with E-state index in [9.17, 15) is 4.79 Å². The van der Waals surface area contributed by atoms with Crippen LogP contribution >= 0.6 is 0 Å². The number of aromatic nitrogens is 3. The van der Waals surface area contributed by atoms with Gasteiger partial charge >= 0.3 is 6.03 Å². The van der Waals surface area contributed by atoms with Crippen LogP contribution in [0.3, 0.4) is 0 Å². The topological polar surface area (TPSA) is 77.2 Å². The number of amides is 2. The van der Waals surface area contributed by atoms with Gasteiger partial charge in [-0.25, -0.2) is 4.79 Å². The van der Waals surface area contributed by atoms with Crippen molar-refractivity contribution in [3.8, 4) is 11.4 Å². The molecule has 2 N–H and O–H groups in total. The number of aromatic amines is 1. The van der Waals surface area contributed by atoms with E-state index < -0.39 is 0 Å². The van der Waals surface area contributed by atoms with E-state index in [-0.39, 0.29) is 6.03 Å². The number of anilines is 1. The summed E-state index contributed by atoms with van der Waals surface area (Å²) in [6.07, 6.45) is 5.41. The van der Waals surface area contributed by atoms with E-state index in [4.69, 9.17) is 0 Å². The molecule has 2 amide bonds. The van der Waals surface area contributed by atoms with Gasteiger partial charge in [-0.2, -0.15) is 5.10 Å². The lowest BCUT2D eigenvalue weighted by Gasteiger charge is -2.34. The van der Waals surface area contributed by atoms with Gasteiger partial charge in [0.05, 0.1) is 17.6 Å². The van der Waals surface area contributed by atoms with Gasteiger partial charge < -0.3 is 15.1 Å². The second-order valence-corrected chi connectivity index (χ2v) is 5.96. The van der Waals surface area contributed by atoms with Crippen molar-refractivity contribution in [1.82, 2.24) is 25.0 Å². The van der Waals surface area contributed by atoms with Gasteiger partial charge in [0.2, 0.25) is 0 Å². The highest BCUT2D eigenvalue weighted by Crippen LogP contribution is 2.25. The standard InChI is InChI=1S/C16H22N6O/c1-21(2)16(23)22-9-6-12(7-10-22)19-14-11-18-20-15(14)13-5-3-4-8-17-13/h3-5,8,11-12,19H,6-7,9-10H2,1-2H3,(H,18,20). The van der Waals surface area contributed by atoms with Crippen LogP contribution in [0.2, 0.25) is 0 Å². The number of H-pyrrole nitrogens is 1. The Morgan fingerprint density at radius 1 is 1.35 bits per heavy atom. The van der Waals surface area contributed by atoms with E-state index in [0.717, 1.165) is 43.0 Å².